The first-order valence-corrected chi connectivity index (χ1v) is 6.12. The van der Waals surface area contributed by atoms with Gasteiger partial charge in [0, 0.05) is 5.69 Å². The number of amides is 3. The highest BCUT2D eigenvalue weighted by Gasteiger charge is 2.27. The minimum Gasteiger partial charge on any atom is -0.331 e. The molecule has 6 nitrogen and oxygen atoms in total. The highest BCUT2D eigenvalue weighted by atomic mass is 32.1. The molecule has 1 aliphatic rings. The molecule has 19 heavy (non-hydrogen) atoms. The third-order valence-corrected chi connectivity index (χ3v) is 2.70. The van der Waals surface area contributed by atoms with Crippen LogP contribution in [-0.2, 0) is 4.79 Å². The lowest BCUT2D eigenvalue weighted by Gasteiger charge is -2.18. The molecule has 1 saturated heterocycles. The Morgan fingerprint density at radius 2 is 1.89 bits per heavy atom. The van der Waals surface area contributed by atoms with Crippen LogP contribution < -0.4 is 16.1 Å². The van der Waals surface area contributed by atoms with Crippen LogP contribution in [0.2, 0.25) is 0 Å². The number of aryl methyl sites for hydroxylation is 2. The summed E-state index contributed by atoms with van der Waals surface area (Å²) >= 11 is 5.10. The Balaban J connectivity index is 1.98. The van der Waals surface area contributed by atoms with E-state index in [2.05, 4.69) is 16.1 Å². The van der Waals surface area contributed by atoms with Crippen LogP contribution in [0.1, 0.15) is 11.1 Å². The van der Waals surface area contributed by atoms with Crippen LogP contribution in [0.15, 0.2) is 18.2 Å². The van der Waals surface area contributed by atoms with Crippen LogP contribution in [0.5, 0.6) is 0 Å². The average Bonchev–Trinajstić information content (AvgIpc) is 2.55. The Hall–Kier alpha value is -2.15. The van der Waals surface area contributed by atoms with Gasteiger partial charge in [0.25, 0.3) is 0 Å². The van der Waals surface area contributed by atoms with Crippen molar-refractivity contribution < 1.29 is 9.59 Å². The maximum Gasteiger partial charge on any atom is 0.343 e. The summed E-state index contributed by atoms with van der Waals surface area (Å²) in [7, 11) is 0. The number of hydrogen-bond donors (Lipinski definition) is 3. The number of nitrogens with one attached hydrogen (secondary N) is 3. The Labute approximate surface area is 116 Å². The van der Waals surface area contributed by atoms with E-state index >= 15 is 0 Å². The van der Waals surface area contributed by atoms with Gasteiger partial charge in [0.2, 0.25) is 5.91 Å². The summed E-state index contributed by atoms with van der Waals surface area (Å²) in [6.07, 6.45) is 0. The molecule has 2 rings (SSSR count). The molecule has 0 unspecified atom stereocenters. The van der Waals surface area contributed by atoms with E-state index in [-0.39, 0.29) is 17.6 Å². The monoisotopic (exact) mass is 278 g/mol. The summed E-state index contributed by atoms with van der Waals surface area (Å²) in [5.74, 6) is -0.355. The van der Waals surface area contributed by atoms with Crippen LogP contribution >= 0.6 is 12.2 Å². The molecule has 1 aromatic carbocycles. The Kier molecular flexibility index (Phi) is 3.66. The Morgan fingerprint density at radius 1 is 1.26 bits per heavy atom. The first kappa shape index (κ1) is 13.3. The lowest BCUT2D eigenvalue weighted by atomic mass is 10.1. The number of rotatable bonds is 2. The quantitative estimate of drug-likeness (QED) is 0.557. The number of urea groups is 1. The zero-order chi connectivity index (χ0) is 14.0. The number of benzene rings is 1. The van der Waals surface area contributed by atoms with Crippen LogP contribution in [0, 0.1) is 13.8 Å². The maximum atomic E-state index is 11.3. The predicted octanol–water partition coefficient (Wildman–Crippen LogP) is 1.06. The van der Waals surface area contributed by atoms with Crippen molar-refractivity contribution in [2.75, 3.05) is 11.9 Å². The highest BCUT2D eigenvalue weighted by Crippen LogP contribution is 2.13. The van der Waals surface area contributed by atoms with Gasteiger partial charge in [-0.1, -0.05) is 6.07 Å². The summed E-state index contributed by atoms with van der Waals surface area (Å²) in [5, 5.41) is 6.51. The zero-order valence-corrected chi connectivity index (χ0v) is 11.4. The van der Waals surface area contributed by atoms with Gasteiger partial charge in [-0.2, -0.15) is 0 Å². The van der Waals surface area contributed by atoms with Gasteiger partial charge in [-0.05, 0) is 49.3 Å². The highest BCUT2D eigenvalue weighted by molar-refractivity contribution is 7.80. The number of nitrogens with zero attached hydrogens (tertiary/aromatic N) is 1. The molecule has 1 aliphatic heterocycles. The normalized spacial score (nSPS) is 14.3. The number of imide groups is 1. The molecule has 0 radical (unpaired) electrons. The van der Waals surface area contributed by atoms with Crippen molar-refractivity contribution in [2.45, 2.75) is 13.8 Å². The van der Waals surface area contributed by atoms with Crippen molar-refractivity contribution in [1.82, 2.24) is 15.8 Å². The molecule has 0 aromatic heterocycles. The summed E-state index contributed by atoms with van der Waals surface area (Å²) < 4.78 is 0. The average molecular weight is 278 g/mol. The van der Waals surface area contributed by atoms with Gasteiger partial charge in [0.1, 0.15) is 6.54 Å². The Morgan fingerprint density at radius 3 is 2.42 bits per heavy atom. The molecule has 7 heteroatoms. The molecule has 0 bridgehead atoms. The molecular formula is C12H14N4O2S. The molecule has 0 saturated carbocycles. The second-order valence-corrected chi connectivity index (χ2v) is 4.79. The SMILES string of the molecule is Cc1cc(C)cc(NC(=S)NN2CC(=O)NC2=O)c1. The van der Waals surface area contributed by atoms with Crippen LogP contribution in [0.4, 0.5) is 10.5 Å². The first-order valence-electron chi connectivity index (χ1n) is 5.71. The lowest BCUT2D eigenvalue weighted by Crippen LogP contribution is -2.45. The molecule has 0 spiro atoms. The second-order valence-electron chi connectivity index (χ2n) is 4.38. The molecular weight excluding hydrogens is 264 g/mol. The van der Waals surface area contributed by atoms with E-state index in [4.69, 9.17) is 12.2 Å². The molecule has 3 N–H and O–H groups in total. The van der Waals surface area contributed by atoms with E-state index in [1.54, 1.807) is 0 Å². The Bertz CT molecular complexity index is 538. The van der Waals surface area contributed by atoms with E-state index in [1.807, 2.05) is 32.0 Å². The van der Waals surface area contributed by atoms with E-state index in [0.717, 1.165) is 21.8 Å². The summed E-state index contributed by atoms with van der Waals surface area (Å²) in [6.45, 7) is 3.93. The number of carbonyl (C=O) groups excluding carboxylic acids is 2. The van der Waals surface area contributed by atoms with Crippen molar-refractivity contribution >= 4 is 35.0 Å². The molecule has 1 heterocycles. The number of hydrazine groups is 1. The number of anilines is 1. The third-order valence-electron chi connectivity index (χ3n) is 2.51. The van der Waals surface area contributed by atoms with E-state index < -0.39 is 6.03 Å². The van der Waals surface area contributed by atoms with Gasteiger partial charge >= 0.3 is 6.03 Å². The van der Waals surface area contributed by atoms with Gasteiger partial charge < -0.3 is 5.32 Å². The summed E-state index contributed by atoms with van der Waals surface area (Å²) in [4.78, 5) is 22.3. The van der Waals surface area contributed by atoms with Gasteiger partial charge in [-0.15, -0.1) is 0 Å². The van der Waals surface area contributed by atoms with Gasteiger partial charge in [0.15, 0.2) is 5.11 Å². The predicted molar refractivity (Wildman–Crippen MR) is 75.5 cm³/mol. The smallest absolute Gasteiger partial charge is 0.331 e. The number of hydrogen-bond acceptors (Lipinski definition) is 3. The standard InChI is InChI=1S/C12H14N4O2S/c1-7-3-8(2)5-9(4-7)13-11(19)15-16-6-10(17)14-12(16)18/h3-5H,6H2,1-2H3,(H2,13,15,19)(H,14,17,18). The van der Waals surface area contributed by atoms with Crippen LogP contribution in [0.25, 0.3) is 0 Å². The van der Waals surface area contributed by atoms with Crippen molar-refractivity contribution in [3.05, 3.63) is 29.3 Å². The largest absolute Gasteiger partial charge is 0.343 e. The molecule has 1 fully saturated rings. The van der Waals surface area contributed by atoms with Gasteiger partial charge in [0.05, 0.1) is 0 Å². The van der Waals surface area contributed by atoms with Gasteiger partial charge in [-0.25, -0.2) is 9.80 Å². The van der Waals surface area contributed by atoms with Crippen molar-refractivity contribution in [3.63, 3.8) is 0 Å². The van der Waals surface area contributed by atoms with E-state index in [9.17, 15) is 9.59 Å². The van der Waals surface area contributed by atoms with Crippen molar-refractivity contribution in [1.29, 1.82) is 0 Å². The number of thiocarbonyl (C=S) groups is 1. The molecule has 0 atom stereocenters. The minimum absolute atomic E-state index is 0.0481. The van der Waals surface area contributed by atoms with Crippen molar-refractivity contribution in [3.8, 4) is 0 Å². The van der Waals surface area contributed by atoms with Gasteiger partial charge in [-0.3, -0.25) is 15.5 Å². The fraction of sp³-hybridized carbons (Fsp3) is 0.250. The zero-order valence-electron chi connectivity index (χ0n) is 10.6. The fourth-order valence-corrected chi connectivity index (χ4v) is 2.09. The van der Waals surface area contributed by atoms with E-state index in [0.29, 0.717) is 0 Å². The van der Waals surface area contributed by atoms with Crippen LogP contribution in [0.3, 0.4) is 0 Å². The first-order chi connectivity index (χ1) is 8.94. The molecule has 1 aromatic rings. The molecule has 0 aliphatic carbocycles. The fourth-order valence-electron chi connectivity index (χ4n) is 1.86. The third kappa shape index (κ3) is 3.41. The summed E-state index contributed by atoms with van der Waals surface area (Å²) in [5.41, 5.74) is 5.72. The molecule has 3 amide bonds. The number of carbonyl (C=O) groups is 2. The van der Waals surface area contributed by atoms with Crippen molar-refractivity contribution in [2.24, 2.45) is 0 Å². The second kappa shape index (κ2) is 5.23. The lowest BCUT2D eigenvalue weighted by molar-refractivity contribution is -0.118. The van der Waals surface area contributed by atoms with E-state index in [1.165, 1.54) is 0 Å². The molecule has 100 valence electrons. The topological polar surface area (TPSA) is 73.5 Å². The minimum atomic E-state index is -0.505. The summed E-state index contributed by atoms with van der Waals surface area (Å²) in [6, 6.07) is 5.43. The maximum absolute atomic E-state index is 11.3. The van der Waals surface area contributed by atoms with Crippen LogP contribution in [-0.4, -0.2) is 28.6 Å².